The minimum atomic E-state index is -2.05. The normalized spacial score (nSPS) is 16.9. The van der Waals surface area contributed by atoms with Gasteiger partial charge < -0.3 is 14.7 Å². The molecule has 0 unspecified atom stereocenters. The third-order valence-corrected chi connectivity index (χ3v) is 6.04. The van der Waals surface area contributed by atoms with Gasteiger partial charge in [-0.1, -0.05) is 48.5 Å². The van der Waals surface area contributed by atoms with Crippen molar-refractivity contribution in [2.24, 2.45) is 0 Å². The third-order valence-electron chi connectivity index (χ3n) is 6.04. The molecule has 1 aliphatic rings. The van der Waals surface area contributed by atoms with E-state index in [9.17, 15) is 24.8 Å². The van der Waals surface area contributed by atoms with Crippen molar-refractivity contribution in [2.45, 2.75) is 24.9 Å². The number of para-hydroxylation sites is 1. The summed E-state index contributed by atoms with van der Waals surface area (Å²) in [6.45, 7) is 0.384. The molecule has 1 atom stereocenters. The molecule has 0 fully saturated rings. The zero-order valence-corrected chi connectivity index (χ0v) is 18.6. The summed E-state index contributed by atoms with van der Waals surface area (Å²) in [7, 11) is 1.30. The molecule has 3 aromatic rings. The Hall–Kier alpha value is -4.04. The average Bonchev–Trinajstić information content (AvgIpc) is 3.06. The van der Waals surface area contributed by atoms with Crippen molar-refractivity contribution >= 4 is 23.1 Å². The number of methoxy groups -OCH3 is 1. The Morgan fingerprint density at radius 1 is 1.09 bits per heavy atom. The number of benzene rings is 3. The van der Waals surface area contributed by atoms with Gasteiger partial charge in [0.1, 0.15) is 0 Å². The number of fused-ring (bicyclic) bond motifs is 1. The second-order valence-electron chi connectivity index (χ2n) is 8.17. The largest absolute Gasteiger partial charge is 0.490 e. The Kier molecular flexibility index (Phi) is 6.43. The fraction of sp³-hybridized carbons (Fsp3) is 0.231. The zero-order valence-electron chi connectivity index (χ0n) is 18.6. The van der Waals surface area contributed by atoms with Crippen LogP contribution in [0.1, 0.15) is 34.3 Å². The Bertz CT molecular complexity index is 1240. The van der Waals surface area contributed by atoms with Crippen LogP contribution in [-0.2, 0) is 16.8 Å². The summed E-state index contributed by atoms with van der Waals surface area (Å²) < 4.78 is 4.98. The fourth-order valence-electron chi connectivity index (χ4n) is 4.33. The molecule has 0 saturated heterocycles. The second kappa shape index (κ2) is 9.44. The molecule has 8 heteroatoms. The molecule has 4 rings (SSSR count). The van der Waals surface area contributed by atoms with E-state index in [-0.39, 0.29) is 17.0 Å². The SMILES string of the molecule is COc1ccc(C(=O)C[C@]2(O)C(=O)N(CCCc3ccccc3)c3ccccc32)cc1[N+](=O)[O-]. The topological polar surface area (TPSA) is 110 Å². The summed E-state index contributed by atoms with van der Waals surface area (Å²) in [5.41, 5.74) is -0.314. The summed E-state index contributed by atoms with van der Waals surface area (Å²) in [5, 5.41) is 22.8. The van der Waals surface area contributed by atoms with Gasteiger partial charge in [0.25, 0.3) is 5.91 Å². The number of anilines is 1. The van der Waals surface area contributed by atoms with E-state index in [0.717, 1.165) is 18.1 Å². The molecule has 8 nitrogen and oxygen atoms in total. The van der Waals surface area contributed by atoms with Crippen molar-refractivity contribution in [3.05, 3.63) is 99.6 Å². The Labute approximate surface area is 196 Å². The molecule has 1 amide bonds. The number of hydrogen-bond donors (Lipinski definition) is 1. The number of aryl methyl sites for hydroxylation is 1. The highest BCUT2D eigenvalue weighted by Crippen LogP contribution is 2.43. The van der Waals surface area contributed by atoms with Crippen molar-refractivity contribution in [1.82, 2.24) is 0 Å². The Morgan fingerprint density at radius 3 is 2.50 bits per heavy atom. The van der Waals surface area contributed by atoms with Crippen molar-refractivity contribution in [1.29, 1.82) is 0 Å². The second-order valence-corrected chi connectivity index (χ2v) is 8.17. The molecule has 1 aliphatic heterocycles. The number of nitro benzene ring substituents is 1. The van der Waals surface area contributed by atoms with Crippen LogP contribution in [0.3, 0.4) is 0 Å². The van der Waals surface area contributed by atoms with E-state index in [2.05, 4.69) is 0 Å². The number of nitrogens with zero attached hydrogens (tertiary/aromatic N) is 2. The lowest BCUT2D eigenvalue weighted by Gasteiger charge is -2.23. The number of nitro groups is 1. The lowest BCUT2D eigenvalue weighted by atomic mass is 9.88. The minimum Gasteiger partial charge on any atom is -0.490 e. The molecular formula is C26H24N2O6. The van der Waals surface area contributed by atoms with Crippen LogP contribution in [0.2, 0.25) is 0 Å². The zero-order chi connectivity index (χ0) is 24.3. The maximum absolute atomic E-state index is 13.4. The Morgan fingerprint density at radius 2 is 1.79 bits per heavy atom. The first-order valence-corrected chi connectivity index (χ1v) is 10.9. The molecule has 0 saturated carbocycles. The molecule has 34 heavy (non-hydrogen) atoms. The maximum atomic E-state index is 13.4. The third kappa shape index (κ3) is 4.27. The maximum Gasteiger partial charge on any atom is 0.311 e. The van der Waals surface area contributed by atoms with Gasteiger partial charge in [0.15, 0.2) is 17.1 Å². The number of carbonyl (C=O) groups is 2. The van der Waals surface area contributed by atoms with Crippen LogP contribution < -0.4 is 9.64 Å². The van der Waals surface area contributed by atoms with Crippen LogP contribution in [0, 0.1) is 10.1 Å². The van der Waals surface area contributed by atoms with E-state index in [1.54, 1.807) is 24.3 Å². The van der Waals surface area contributed by atoms with E-state index in [0.29, 0.717) is 24.2 Å². The van der Waals surface area contributed by atoms with Crippen LogP contribution in [0.25, 0.3) is 0 Å². The van der Waals surface area contributed by atoms with Crippen molar-refractivity contribution in [3.8, 4) is 5.75 Å². The highest BCUT2D eigenvalue weighted by molar-refractivity contribution is 6.10. The number of amides is 1. The van der Waals surface area contributed by atoms with Gasteiger partial charge in [0.2, 0.25) is 0 Å². The number of ketones is 1. The number of rotatable bonds is 9. The quantitative estimate of drug-likeness (QED) is 0.293. The number of aliphatic hydroxyl groups is 1. The smallest absolute Gasteiger partial charge is 0.311 e. The minimum absolute atomic E-state index is 0.0205. The van der Waals surface area contributed by atoms with Crippen LogP contribution in [0.4, 0.5) is 11.4 Å². The number of ether oxygens (including phenoxy) is 1. The van der Waals surface area contributed by atoms with Crippen molar-refractivity contribution < 1.29 is 24.4 Å². The number of hydrogen-bond acceptors (Lipinski definition) is 6. The van der Waals surface area contributed by atoms with Crippen LogP contribution in [0.15, 0.2) is 72.8 Å². The number of carbonyl (C=O) groups excluding carboxylic acids is 2. The summed E-state index contributed by atoms with van der Waals surface area (Å²) in [4.78, 5) is 38.6. The summed E-state index contributed by atoms with van der Waals surface area (Å²) in [5.74, 6) is -1.13. The number of Topliss-reactive ketones (excluding diaryl/α,β-unsaturated/α-hetero) is 1. The predicted molar refractivity (Wildman–Crippen MR) is 126 cm³/mol. The van der Waals surface area contributed by atoms with Gasteiger partial charge in [-0.2, -0.15) is 0 Å². The van der Waals surface area contributed by atoms with E-state index in [1.165, 1.54) is 24.1 Å². The summed E-state index contributed by atoms with van der Waals surface area (Å²) >= 11 is 0. The molecule has 0 aromatic heterocycles. The van der Waals surface area contributed by atoms with E-state index >= 15 is 0 Å². The van der Waals surface area contributed by atoms with E-state index < -0.39 is 28.6 Å². The van der Waals surface area contributed by atoms with Crippen molar-refractivity contribution in [3.63, 3.8) is 0 Å². The highest BCUT2D eigenvalue weighted by Gasteiger charge is 2.50. The molecular weight excluding hydrogens is 436 g/mol. The average molecular weight is 460 g/mol. The van der Waals surface area contributed by atoms with Crippen LogP contribution in [0.5, 0.6) is 5.75 Å². The molecule has 1 N–H and O–H groups in total. The molecule has 174 valence electrons. The lowest BCUT2D eigenvalue weighted by Crippen LogP contribution is -2.42. The van der Waals surface area contributed by atoms with Gasteiger partial charge in [-0.3, -0.25) is 19.7 Å². The molecule has 0 radical (unpaired) electrons. The molecule has 0 aliphatic carbocycles. The van der Waals surface area contributed by atoms with Gasteiger partial charge in [-0.25, -0.2) is 0 Å². The summed E-state index contributed by atoms with van der Waals surface area (Å²) in [6.07, 6.45) is 0.917. The Balaban J connectivity index is 1.57. The monoisotopic (exact) mass is 460 g/mol. The molecule has 1 heterocycles. The first-order valence-electron chi connectivity index (χ1n) is 10.9. The first-order chi connectivity index (χ1) is 16.3. The highest BCUT2D eigenvalue weighted by atomic mass is 16.6. The van der Waals surface area contributed by atoms with E-state index in [1.807, 2.05) is 30.3 Å². The predicted octanol–water partition coefficient (Wildman–Crippen LogP) is 4.04. The van der Waals surface area contributed by atoms with Crippen LogP contribution in [-0.4, -0.2) is 35.4 Å². The van der Waals surface area contributed by atoms with Gasteiger partial charge in [0, 0.05) is 23.7 Å². The van der Waals surface area contributed by atoms with E-state index in [4.69, 9.17) is 4.74 Å². The van der Waals surface area contributed by atoms with Gasteiger partial charge in [-0.05, 0) is 36.6 Å². The molecule has 3 aromatic carbocycles. The van der Waals surface area contributed by atoms with Gasteiger partial charge in [0.05, 0.1) is 24.1 Å². The summed E-state index contributed by atoms with van der Waals surface area (Å²) in [6, 6.07) is 20.6. The molecule has 0 spiro atoms. The fourth-order valence-corrected chi connectivity index (χ4v) is 4.33. The van der Waals surface area contributed by atoms with Crippen molar-refractivity contribution in [2.75, 3.05) is 18.6 Å². The van der Waals surface area contributed by atoms with Gasteiger partial charge in [-0.15, -0.1) is 0 Å². The molecule has 0 bridgehead atoms. The van der Waals surface area contributed by atoms with Crippen LogP contribution >= 0.6 is 0 Å². The standard InChI is InChI=1S/C26H24N2O6/c1-34-24-14-13-19(16-22(24)28(32)33)23(29)17-26(31)20-11-5-6-12-21(20)27(25(26)30)15-7-10-18-8-3-2-4-9-18/h2-6,8-9,11-14,16,31H,7,10,15,17H2,1H3/t26-/m1/s1. The first kappa shape index (κ1) is 23.1. The lowest BCUT2D eigenvalue weighted by molar-refractivity contribution is -0.385. The van der Waals surface area contributed by atoms with Gasteiger partial charge >= 0.3 is 5.69 Å².